The van der Waals surface area contributed by atoms with Crippen LogP contribution in [0.1, 0.15) is 5.56 Å². The number of carbonyl (C=O) groups is 1. The van der Waals surface area contributed by atoms with Gasteiger partial charge in [-0.05, 0) is 19.1 Å². The SMILES string of the molecule is [CH2+]CNCC(=O)Nc1ccc(C)cc1. The van der Waals surface area contributed by atoms with Crippen LogP contribution >= 0.6 is 0 Å². The Morgan fingerprint density at radius 3 is 2.57 bits per heavy atom. The summed E-state index contributed by atoms with van der Waals surface area (Å²) in [4.78, 5) is 11.3. The molecule has 0 unspecified atom stereocenters. The van der Waals surface area contributed by atoms with Crippen molar-refractivity contribution in [2.24, 2.45) is 0 Å². The fraction of sp³-hybridized carbons (Fsp3) is 0.273. The highest BCUT2D eigenvalue weighted by Crippen LogP contribution is 2.07. The Bertz CT molecular complexity index is 293. The first-order chi connectivity index (χ1) is 6.72. The maximum atomic E-state index is 11.3. The van der Waals surface area contributed by atoms with Crippen molar-refractivity contribution in [1.82, 2.24) is 5.32 Å². The van der Waals surface area contributed by atoms with Gasteiger partial charge in [-0.2, -0.15) is 0 Å². The molecule has 0 spiro atoms. The molecule has 2 N–H and O–H groups in total. The molecular formula is C11H15N2O+. The summed E-state index contributed by atoms with van der Waals surface area (Å²) in [6.45, 7) is 6.45. The zero-order valence-electron chi connectivity index (χ0n) is 8.34. The fourth-order valence-corrected chi connectivity index (χ4v) is 1.04. The molecule has 0 aliphatic rings. The van der Waals surface area contributed by atoms with E-state index in [0.29, 0.717) is 13.1 Å². The molecule has 3 nitrogen and oxygen atoms in total. The van der Waals surface area contributed by atoms with Gasteiger partial charge in [0.05, 0.1) is 13.5 Å². The summed E-state index contributed by atoms with van der Waals surface area (Å²) in [6, 6.07) is 7.70. The summed E-state index contributed by atoms with van der Waals surface area (Å²) >= 11 is 0. The molecule has 74 valence electrons. The molecule has 1 rings (SSSR count). The minimum absolute atomic E-state index is 0.0440. The Balaban J connectivity index is 2.44. The number of hydrogen-bond acceptors (Lipinski definition) is 2. The third-order valence-corrected chi connectivity index (χ3v) is 1.80. The van der Waals surface area contributed by atoms with Crippen LogP contribution in [-0.4, -0.2) is 19.0 Å². The summed E-state index contributed by atoms with van der Waals surface area (Å²) in [5.74, 6) is -0.0440. The maximum Gasteiger partial charge on any atom is 0.238 e. The maximum absolute atomic E-state index is 11.3. The molecule has 0 aromatic heterocycles. The molecule has 3 heteroatoms. The number of aryl methyl sites for hydroxylation is 1. The molecule has 14 heavy (non-hydrogen) atoms. The van der Waals surface area contributed by atoms with Gasteiger partial charge in [-0.1, -0.05) is 17.7 Å². The van der Waals surface area contributed by atoms with Crippen LogP contribution in [0.4, 0.5) is 5.69 Å². The number of rotatable bonds is 4. The minimum Gasteiger partial charge on any atom is -0.325 e. The molecule has 1 aromatic carbocycles. The van der Waals surface area contributed by atoms with E-state index in [9.17, 15) is 4.79 Å². The predicted molar refractivity (Wildman–Crippen MR) is 58.0 cm³/mol. The van der Waals surface area contributed by atoms with Gasteiger partial charge in [0.1, 0.15) is 6.54 Å². The van der Waals surface area contributed by atoms with Crippen LogP contribution in [0.3, 0.4) is 0 Å². The first-order valence-corrected chi connectivity index (χ1v) is 4.59. The van der Waals surface area contributed by atoms with Crippen molar-refractivity contribution in [1.29, 1.82) is 0 Å². The standard InChI is InChI=1S/C11H14N2O/c1-3-12-8-11(14)13-10-6-4-9(2)5-7-10/h4-7,12H,1,3,8H2,2H3/p+1. The van der Waals surface area contributed by atoms with Crippen LogP contribution < -0.4 is 10.6 Å². The molecule has 0 atom stereocenters. The molecule has 0 heterocycles. The van der Waals surface area contributed by atoms with Crippen LogP contribution in [0.5, 0.6) is 0 Å². The van der Waals surface area contributed by atoms with Crippen molar-refractivity contribution in [2.75, 3.05) is 18.4 Å². The molecule has 0 bridgehead atoms. The Morgan fingerprint density at radius 2 is 2.00 bits per heavy atom. The second kappa shape index (κ2) is 5.29. The Labute approximate surface area is 84.5 Å². The van der Waals surface area contributed by atoms with Gasteiger partial charge in [0.15, 0.2) is 0 Å². The largest absolute Gasteiger partial charge is 0.325 e. The van der Waals surface area contributed by atoms with Crippen molar-refractivity contribution >= 4 is 11.6 Å². The number of carbonyl (C=O) groups excluding carboxylic acids is 1. The summed E-state index contributed by atoms with van der Waals surface area (Å²) in [6.07, 6.45) is 0. The number of nitrogens with one attached hydrogen (secondary N) is 2. The highest BCUT2D eigenvalue weighted by atomic mass is 16.1. The monoisotopic (exact) mass is 191 g/mol. The molecule has 0 fully saturated rings. The van der Waals surface area contributed by atoms with Crippen molar-refractivity contribution in [2.45, 2.75) is 6.92 Å². The van der Waals surface area contributed by atoms with E-state index >= 15 is 0 Å². The summed E-state index contributed by atoms with van der Waals surface area (Å²) in [5.41, 5.74) is 2.00. The third-order valence-electron chi connectivity index (χ3n) is 1.80. The number of amides is 1. The van der Waals surface area contributed by atoms with Crippen LogP contribution in [0.2, 0.25) is 0 Å². The van der Waals surface area contributed by atoms with E-state index in [4.69, 9.17) is 0 Å². The van der Waals surface area contributed by atoms with Gasteiger partial charge in [-0.3, -0.25) is 10.1 Å². The van der Waals surface area contributed by atoms with E-state index in [1.807, 2.05) is 31.2 Å². The topological polar surface area (TPSA) is 41.1 Å². The van der Waals surface area contributed by atoms with E-state index in [-0.39, 0.29) is 5.91 Å². The first-order valence-electron chi connectivity index (χ1n) is 4.59. The third kappa shape index (κ3) is 3.49. The lowest BCUT2D eigenvalue weighted by Gasteiger charge is -2.04. The average Bonchev–Trinajstić information content (AvgIpc) is 2.18. The van der Waals surface area contributed by atoms with E-state index in [1.165, 1.54) is 5.56 Å². The highest BCUT2D eigenvalue weighted by molar-refractivity contribution is 5.92. The second-order valence-electron chi connectivity index (χ2n) is 3.09. The highest BCUT2D eigenvalue weighted by Gasteiger charge is 2.00. The molecule has 0 saturated carbocycles. The average molecular weight is 191 g/mol. The van der Waals surface area contributed by atoms with Gasteiger partial charge in [-0.25, -0.2) is 0 Å². The lowest BCUT2D eigenvalue weighted by atomic mass is 10.2. The van der Waals surface area contributed by atoms with Crippen molar-refractivity contribution in [3.63, 3.8) is 0 Å². The van der Waals surface area contributed by atoms with E-state index in [2.05, 4.69) is 17.6 Å². The lowest BCUT2D eigenvalue weighted by molar-refractivity contribution is -0.115. The van der Waals surface area contributed by atoms with Crippen LogP contribution in [-0.2, 0) is 4.79 Å². The molecule has 0 aliphatic heterocycles. The van der Waals surface area contributed by atoms with E-state index < -0.39 is 0 Å². The van der Waals surface area contributed by atoms with Gasteiger partial charge >= 0.3 is 0 Å². The fourth-order valence-electron chi connectivity index (χ4n) is 1.04. The van der Waals surface area contributed by atoms with E-state index in [1.54, 1.807) is 0 Å². The number of hydrogen-bond donors (Lipinski definition) is 2. The predicted octanol–water partition coefficient (Wildman–Crippen LogP) is 1.36. The van der Waals surface area contributed by atoms with Gasteiger partial charge in [-0.15, -0.1) is 0 Å². The molecule has 1 amide bonds. The van der Waals surface area contributed by atoms with Crippen LogP contribution in [0.15, 0.2) is 24.3 Å². The van der Waals surface area contributed by atoms with Gasteiger partial charge in [0.2, 0.25) is 5.91 Å². The second-order valence-corrected chi connectivity index (χ2v) is 3.09. The summed E-state index contributed by atoms with van der Waals surface area (Å²) < 4.78 is 0. The van der Waals surface area contributed by atoms with Crippen molar-refractivity contribution < 1.29 is 4.79 Å². The van der Waals surface area contributed by atoms with Gasteiger partial charge < -0.3 is 5.32 Å². The Kier molecular flexibility index (Phi) is 4.01. The quantitative estimate of drug-likeness (QED) is 0.705. The lowest BCUT2D eigenvalue weighted by Crippen LogP contribution is -2.27. The van der Waals surface area contributed by atoms with Gasteiger partial charge in [0.25, 0.3) is 0 Å². The van der Waals surface area contributed by atoms with Crippen LogP contribution in [0.25, 0.3) is 0 Å². The molecule has 0 saturated heterocycles. The van der Waals surface area contributed by atoms with Crippen LogP contribution in [0, 0.1) is 13.8 Å². The zero-order valence-corrected chi connectivity index (χ0v) is 8.34. The zero-order chi connectivity index (χ0) is 10.4. The normalized spacial score (nSPS) is 9.79. The smallest absolute Gasteiger partial charge is 0.238 e. The molecule has 0 aliphatic carbocycles. The minimum atomic E-state index is -0.0440. The summed E-state index contributed by atoms with van der Waals surface area (Å²) in [5, 5.41) is 5.63. The summed E-state index contributed by atoms with van der Waals surface area (Å²) in [7, 11) is 0. The Hall–Kier alpha value is -1.48. The van der Waals surface area contributed by atoms with Gasteiger partial charge in [0, 0.05) is 5.69 Å². The number of anilines is 1. The molecule has 0 radical (unpaired) electrons. The Morgan fingerprint density at radius 1 is 1.36 bits per heavy atom. The molecule has 1 aromatic rings. The van der Waals surface area contributed by atoms with Crippen molar-refractivity contribution in [3.8, 4) is 0 Å². The van der Waals surface area contributed by atoms with Crippen molar-refractivity contribution in [3.05, 3.63) is 36.8 Å². The number of benzene rings is 1. The molecular weight excluding hydrogens is 176 g/mol. The first kappa shape index (κ1) is 10.6. The van der Waals surface area contributed by atoms with E-state index in [0.717, 1.165) is 5.69 Å².